The Morgan fingerprint density at radius 3 is 2.50 bits per heavy atom. The highest BCUT2D eigenvalue weighted by Gasteiger charge is 2.18. The minimum atomic E-state index is -0.420. The monoisotopic (exact) mass is 333 g/mol. The molecule has 0 bridgehead atoms. The second kappa shape index (κ2) is 9.64. The highest BCUT2D eigenvalue weighted by molar-refractivity contribution is 5.81. The van der Waals surface area contributed by atoms with Crippen molar-refractivity contribution >= 4 is 5.91 Å². The van der Waals surface area contributed by atoms with Crippen molar-refractivity contribution in [1.29, 1.82) is 0 Å². The van der Waals surface area contributed by atoms with Crippen LogP contribution < -0.4 is 10.1 Å². The molecule has 0 unspecified atom stereocenters. The van der Waals surface area contributed by atoms with E-state index in [0.29, 0.717) is 13.0 Å². The molecule has 1 heterocycles. The molecule has 1 aromatic rings. The van der Waals surface area contributed by atoms with E-state index in [1.165, 1.54) is 5.56 Å². The summed E-state index contributed by atoms with van der Waals surface area (Å²) in [7, 11) is 2.16. The van der Waals surface area contributed by atoms with E-state index in [9.17, 15) is 4.79 Å². The number of benzene rings is 1. The van der Waals surface area contributed by atoms with Crippen molar-refractivity contribution in [2.75, 3.05) is 46.3 Å². The van der Waals surface area contributed by atoms with E-state index in [4.69, 9.17) is 4.74 Å². The van der Waals surface area contributed by atoms with Crippen LogP contribution in [0.5, 0.6) is 5.75 Å². The predicted octanol–water partition coefficient (Wildman–Crippen LogP) is 1.91. The van der Waals surface area contributed by atoms with Gasteiger partial charge in [-0.05, 0) is 45.5 Å². The fourth-order valence-corrected chi connectivity index (χ4v) is 2.80. The van der Waals surface area contributed by atoms with Crippen LogP contribution in [0.25, 0.3) is 0 Å². The van der Waals surface area contributed by atoms with Crippen molar-refractivity contribution < 1.29 is 9.53 Å². The zero-order chi connectivity index (χ0) is 17.4. The number of hydrogen-bond acceptors (Lipinski definition) is 4. The molecule has 2 rings (SSSR count). The smallest absolute Gasteiger partial charge is 0.261 e. The Kier molecular flexibility index (Phi) is 7.53. The number of nitrogens with one attached hydrogen (secondary N) is 1. The number of hydrogen-bond donors (Lipinski definition) is 1. The number of amides is 1. The summed E-state index contributed by atoms with van der Waals surface area (Å²) in [6.07, 6.45) is 1.23. The Hall–Kier alpha value is -1.59. The number of rotatable bonds is 8. The molecule has 0 aliphatic carbocycles. The molecule has 1 amide bonds. The van der Waals surface area contributed by atoms with E-state index in [-0.39, 0.29) is 5.91 Å². The lowest BCUT2D eigenvalue weighted by Gasteiger charge is -2.32. The van der Waals surface area contributed by atoms with Gasteiger partial charge < -0.3 is 19.9 Å². The van der Waals surface area contributed by atoms with Gasteiger partial charge in [0.05, 0.1) is 0 Å². The van der Waals surface area contributed by atoms with Gasteiger partial charge in [0.15, 0.2) is 6.10 Å². The summed E-state index contributed by atoms with van der Waals surface area (Å²) < 4.78 is 5.81. The van der Waals surface area contributed by atoms with Crippen molar-refractivity contribution in [3.63, 3.8) is 0 Å². The number of carbonyl (C=O) groups excluding carboxylic acids is 1. The van der Waals surface area contributed by atoms with Crippen molar-refractivity contribution in [2.45, 2.75) is 32.8 Å². The lowest BCUT2D eigenvalue weighted by Crippen LogP contribution is -2.45. The molecule has 5 nitrogen and oxygen atoms in total. The Labute approximate surface area is 146 Å². The number of carbonyl (C=O) groups is 1. The maximum Gasteiger partial charge on any atom is 0.261 e. The average Bonchev–Trinajstić information content (AvgIpc) is 2.59. The summed E-state index contributed by atoms with van der Waals surface area (Å²) in [4.78, 5) is 17.1. The first-order valence-electron chi connectivity index (χ1n) is 9.00. The maximum absolute atomic E-state index is 12.3. The van der Waals surface area contributed by atoms with Gasteiger partial charge >= 0.3 is 0 Å². The third-order valence-corrected chi connectivity index (χ3v) is 4.51. The molecule has 24 heavy (non-hydrogen) atoms. The zero-order valence-corrected chi connectivity index (χ0v) is 15.3. The minimum Gasteiger partial charge on any atom is -0.481 e. The van der Waals surface area contributed by atoms with E-state index >= 15 is 0 Å². The number of aryl methyl sites for hydroxylation is 1. The quantitative estimate of drug-likeness (QED) is 0.738. The van der Waals surface area contributed by atoms with Gasteiger partial charge in [0.1, 0.15) is 5.75 Å². The highest BCUT2D eigenvalue weighted by Crippen LogP contribution is 2.14. The first-order chi connectivity index (χ1) is 11.6. The number of likely N-dealkylation sites (N-methyl/N-ethyl adjacent to an activating group) is 1. The molecule has 1 aromatic carbocycles. The van der Waals surface area contributed by atoms with Gasteiger partial charge in [-0.25, -0.2) is 0 Å². The number of piperazine rings is 1. The molecule has 1 aliphatic heterocycles. The fraction of sp³-hybridized carbons (Fsp3) is 0.632. The SMILES string of the molecule is CC[C@H](Oc1ccc(C)cc1)C(=O)NCCCN1CCN(C)CC1. The van der Waals surface area contributed by atoms with Gasteiger partial charge in [-0.2, -0.15) is 0 Å². The molecule has 0 aromatic heterocycles. The van der Waals surface area contributed by atoms with Gasteiger partial charge in [0.25, 0.3) is 5.91 Å². The normalized spacial score (nSPS) is 17.5. The van der Waals surface area contributed by atoms with Crippen LogP contribution in [0, 0.1) is 6.92 Å². The van der Waals surface area contributed by atoms with Crippen molar-refractivity contribution in [2.24, 2.45) is 0 Å². The van der Waals surface area contributed by atoms with E-state index < -0.39 is 6.10 Å². The van der Waals surface area contributed by atoms with Crippen LogP contribution in [0.1, 0.15) is 25.3 Å². The summed E-state index contributed by atoms with van der Waals surface area (Å²) in [6, 6.07) is 7.82. The van der Waals surface area contributed by atoms with Crippen LogP contribution in [0.3, 0.4) is 0 Å². The standard InChI is InChI=1S/C19H31N3O2/c1-4-18(24-17-8-6-16(2)7-9-17)19(23)20-10-5-11-22-14-12-21(3)13-15-22/h6-9,18H,4-5,10-15H2,1-3H3,(H,20,23)/t18-/m0/s1. The second-order valence-corrected chi connectivity index (χ2v) is 6.62. The van der Waals surface area contributed by atoms with Crippen LogP contribution in [0.4, 0.5) is 0 Å². The molecule has 1 N–H and O–H groups in total. The summed E-state index contributed by atoms with van der Waals surface area (Å²) in [5.74, 6) is 0.733. The van der Waals surface area contributed by atoms with Gasteiger partial charge in [-0.3, -0.25) is 4.79 Å². The van der Waals surface area contributed by atoms with Crippen LogP contribution in [-0.2, 0) is 4.79 Å². The van der Waals surface area contributed by atoms with Crippen LogP contribution in [0.2, 0.25) is 0 Å². The molecule has 1 aliphatic rings. The number of ether oxygens (including phenoxy) is 1. The largest absolute Gasteiger partial charge is 0.481 e. The third kappa shape index (κ3) is 6.13. The summed E-state index contributed by atoms with van der Waals surface area (Å²) in [6.45, 7) is 10.3. The molecular formula is C19H31N3O2. The Morgan fingerprint density at radius 2 is 1.88 bits per heavy atom. The van der Waals surface area contributed by atoms with Crippen molar-refractivity contribution in [3.8, 4) is 5.75 Å². The van der Waals surface area contributed by atoms with Crippen LogP contribution in [0.15, 0.2) is 24.3 Å². The Morgan fingerprint density at radius 1 is 1.21 bits per heavy atom. The van der Waals surface area contributed by atoms with E-state index in [1.807, 2.05) is 38.1 Å². The molecule has 0 radical (unpaired) electrons. The lowest BCUT2D eigenvalue weighted by molar-refractivity contribution is -0.128. The molecule has 5 heteroatoms. The second-order valence-electron chi connectivity index (χ2n) is 6.62. The first kappa shape index (κ1) is 18.7. The molecule has 0 spiro atoms. The van der Waals surface area contributed by atoms with Crippen LogP contribution in [-0.4, -0.2) is 68.1 Å². The van der Waals surface area contributed by atoms with Crippen LogP contribution >= 0.6 is 0 Å². The van der Waals surface area contributed by atoms with Gasteiger partial charge in [-0.15, -0.1) is 0 Å². The minimum absolute atomic E-state index is 0.0172. The molecule has 0 saturated carbocycles. The molecule has 1 fully saturated rings. The maximum atomic E-state index is 12.3. The average molecular weight is 333 g/mol. The van der Waals surface area contributed by atoms with Gasteiger partial charge in [0, 0.05) is 32.7 Å². The highest BCUT2D eigenvalue weighted by atomic mass is 16.5. The first-order valence-corrected chi connectivity index (χ1v) is 9.00. The van der Waals surface area contributed by atoms with Crippen molar-refractivity contribution in [1.82, 2.24) is 15.1 Å². The summed E-state index contributed by atoms with van der Waals surface area (Å²) in [5, 5.41) is 3.01. The Balaban J connectivity index is 1.67. The third-order valence-electron chi connectivity index (χ3n) is 4.51. The molecule has 1 atom stereocenters. The predicted molar refractivity (Wildman–Crippen MR) is 97.4 cm³/mol. The van der Waals surface area contributed by atoms with E-state index in [1.54, 1.807) is 0 Å². The summed E-state index contributed by atoms with van der Waals surface area (Å²) in [5.41, 5.74) is 1.18. The molecule has 1 saturated heterocycles. The van der Waals surface area contributed by atoms with Gasteiger partial charge in [-0.1, -0.05) is 24.6 Å². The van der Waals surface area contributed by atoms with Gasteiger partial charge in [0.2, 0.25) is 0 Å². The molecular weight excluding hydrogens is 302 g/mol. The topological polar surface area (TPSA) is 44.8 Å². The Bertz CT molecular complexity index is 496. The molecule has 134 valence electrons. The summed E-state index contributed by atoms with van der Waals surface area (Å²) >= 11 is 0. The zero-order valence-electron chi connectivity index (χ0n) is 15.3. The van der Waals surface area contributed by atoms with E-state index in [2.05, 4.69) is 22.2 Å². The fourth-order valence-electron chi connectivity index (χ4n) is 2.80. The number of nitrogens with zero attached hydrogens (tertiary/aromatic N) is 2. The van der Waals surface area contributed by atoms with Crippen molar-refractivity contribution in [3.05, 3.63) is 29.8 Å². The lowest BCUT2D eigenvalue weighted by atomic mass is 10.2. The van der Waals surface area contributed by atoms with E-state index in [0.717, 1.165) is 44.9 Å².